The lowest BCUT2D eigenvalue weighted by Crippen LogP contribution is -2.15. The smallest absolute Gasteiger partial charge is 0.376 e. The van der Waals surface area contributed by atoms with E-state index in [0.29, 0.717) is 12.0 Å². The predicted molar refractivity (Wildman–Crippen MR) is 132 cm³/mol. The number of thiophene rings is 1. The van der Waals surface area contributed by atoms with E-state index in [-0.39, 0.29) is 29.3 Å². The van der Waals surface area contributed by atoms with Crippen molar-refractivity contribution in [2.45, 2.75) is 20.5 Å². The molecule has 0 atom stereocenters. The van der Waals surface area contributed by atoms with Crippen LogP contribution in [0.3, 0.4) is 0 Å². The van der Waals surface area contributed by atoms with Gasteiger partial charge in [-0.3, -0.25) is 9.78 Å². The van der Waals surface area contributed by atoms with E-state index >= 15 is 0 Å². The second-order valence-corrected chi connectivity index (χ2v) is 8.60. The summed E-state index contributed by atoms with van der Waals surface area (Å²) in [6, 6.07) is 4.82. The first-order chi connectivity index (χ1) is 16.7. The first kappa shape index (κ1) is 25.8. The standard InChI is InChI=1S/C24H22BFN4O4S/c1-14(9-17(6-8-31)34-13-20-18(26)10-16(25)12-28-20)30(3)21-11-22(35-15(21)2)19-5-7-27-23(29-19)24(32)33-4/h5-12H,13H2,1-4H3/b14-9-,17-6+. The Balaban J connectivity index is 1.81. The minimum absolute atomic E-state index is 0.0187. The van der Waals surface area contributed by atoms with E-state index in [1.165, 1.54) is 36.9 Å². The molecular weight excluding hydrogens is 470 g/mol. The van der Waals surface area contributed by atoms with Gasteiger partial charge in [-0.25, -0.2) is 19.2 Å². The molecule has 0 spiro atoms. The number of allylic oxidation sites excluding steroid dienone is 3. The largest absolute Gasteiger partial charge is 0.487 e. The Morgan fingerprint density at radius 3 is 2.77 bits per heavy atom. The Labute approximate surface area is 207 Å². The summed E-state index contributed by atoms with van der Waals surface area (Å²) in [6.45, 7) is 3.64. The zero-order valence-corrected chi connectivity index (χ0v) is 20.4. The van der Waals surface area contributed by atoms with E-state index in [1.807, 2.05) is 31.9 Å². The molecule has 2 radical (unpaired) electrons. The molecule has 0 aromatic carbocycles. The lowest BCUT2D eigenvalue weighted by atomic mass is 9.98. The number of methoxy groups -OCH3 is 1. The molecule has 0 saturated carbocycles. The second-order valence-electron chi connectivity index (χ2n) is 7.34. The first-order valence-electron chi connectivity index (χ1n) is 10.4. The predicted octanol–water partition coefficient (Wildman–Crippen LogP) is 3.27. The van der Waals surface area contributed by atoms with E-state index in [9.17, 15) is 14.0 Å². The number of esters is 1. The quantitative estimate of drug-likeness (QED) is 0.112. The van der Waals surface area contributed by atoms with E-state index in [4.69, 9.17) is 17.3 Å². The van der Waals surface area contributed by atoms with Gasteiger partial charge >= 0.3 is 5.97 Å². The Morgan fingerprint density at radius 1 is 1.31 bits per heavy atom. The van der Waals surface area contributed by atoms with Gasteiger partial charge in [-0.05, 0) is 38.1 Å². The lowest BCUT2D eigenvalue weighted by Gasteiger charge is -2.20. The van der Waals surface area contributed by atoms with Gasteiger partial charge in [0.25, 0.3) is 0 Å². The van der Waals surface area contributed by atoms with Crippen LogP contribution in [0.5, 0.6) is 0 Å². The average molecular weight is 492 g/mol. The van der Waals surface area contributed by atoms with Crippen molar-refractivity contribution in [1.82, 2.24) is 15.0 Å². The van der Waals surface area contributed by atoms with Crippen molar-refractivity contribution in [3.05, 3.63) is 76.4 Å². The molecule has 0 aliphatic heterocycles. The van der Waals surface area contributed by atoms with Gasteiger partial charge in [-0.1, -0.05) is 5.46 Å². The van der Waals surface area contributed by atoms with Gasteiger partial charge in [0.1, 0.15) is 38.0 Å². The van der Waals surface area contributed by atoms with Crippen molar-refractivity contribution < 1.29 is 23.5 Å². The summed E-state index contributed by atoms with van der Waals surface area (Å²) < 4.78 is 24.3. The zero-order valence-electron chi connectivity index (χ0n) is 19.6. The Morgan fingerprint density at radius 2 is 2.09 bits per heavy atom. The van der Waals surface area contributed by atoms with Crippen molar-refractivity contribution in [2.75, 3.05) is 19.1 Å². The molecule has 3 rings (SSSR count). The van der Waals surface area contributed by atoms with Gasteiger partial charge in [-0.15, -0.1) is 11.3 Å². The molecule has 3 heterocycles. The number of pyridine rings is 1. The molecule has 178 valence electrons. The van der Waals surface area contributed by atoms with Crippen LogP contribution >= 0.6 is 11.3 Å². The maximum Gasteiger partial charge on any atom is 0.376 e. The van der Waals surface area contributed by atoms with Crippen LogP contribution < -0.4 is 10.4 Å². The molecule has 0 saturated heterocycles. The number of nitrogens with zero attached hydrogens (tertiary/aromatic N) is 4. The molecule has 0 N–H and O–H groups in total. The fourth-order valence-corrected chi connectivity index (χ4v) is 4.07. The fraction of sp³-hybridized carbons (Fsp3) is 0.208. The van der Waals surface area contributed by atoms with Gasteiger partial charge in [0.05, 0.1) is 23.4 Å². The van der Waals surface area contributed by atoms with Crippen LogP contribution in [0.15, 0.2) is 54.2 Å². The normalized spacial score (nSPS) is 11.8. The van der Waals surface area contributed by atoms with E-state index < -0.39 is 11.8 Å². The van der Waals surface area contributed by atoms with Gasteiger partial charge in [0.2, 0.25) is 5.82 Å². The topological polar surface area (TPSA) is 94.5 Å². The van der Waals surface area contributed by atoms with Crippen LogP contribution in [0.1, 0.15) is 28.1 Å². The van der Waals surface area contributed by atoms with Gasteiger partial charge in [0.15, 0.2) is 0 Å². The molecule has 3 aromatic heterocycles. The number of hydrogen-bond donors (Lipinski definition) is 0. The van der Waals surface area contributed by atoms with Gasteiger partial charge in [0, 0.05) is 36.1 Å². The molecule has 11 heteroatoms. The maximum atomic E-state index is 14.0. The molecule has 0 aliphatic rings. The number of ether oxygens (including phenoxy) is 2. The van der Waals surface area contributed by atoms with E-state index in [1.54, 1.807) is 12.1 Å². The summed E-state index contributed by atoms with van der Waals surface area (Å²) in [6.07, 6.45) is 6.34. The van der Waals surface area contributed by atoms with Crippen molar-refractivity contribution in [1.29, 1.82) is 0 Å². The molecule has 0 bridgehead atoms. The monoisotopic (exact) mass is 492 g/mol. The Bertz CT molecular complexity index is 1310. The molecule has 0 unspecified atom stereocenters. The number of aryl methyl sites for hydroxylation is 1. The Hall–Kier alpha value is -3.86. The van der Waals surface area contributed by atoms with Crippen molar-refractivity contribution in [3.8, 4) is 10.6 Å². The Kier molecular flexibility index (Phi) is 8.48. The molecule has 8 nitrogen and oxygen atoms in total. The summed E-state index contributed by atoms with van der Waals surface area (Å²) in [5.74, 6) is -0.974. The zero-order chi connectivity index (χ0) is 25.5. The van der Waals surface area contributed by atoms with Gasteiger partial charge in [-0.2, -0.15) is 0 Å². The fourth-order valence-electron chi connectivity index (χ4n) is 3.05. The highest BCUT2D eigenvalue weighted by molar-refractivity contribution is 7.16. The summed E-state index contributed by atoms with van der Waals surface area (Å²) in [7, 11) is 8.66. The SMILES string of the molecule is [B]c1cnc(COC(/C=C(/C)N(C)c2cc(-c3ccnc(C(=O)OC)n3)sc2C)=C/C=O)c(F)c1. The molecule has 0 aliphatic carbocycles. The third-order valence-electron chi connectivity index (χ3n) is 4.96. The number of rotatable bonds is 9. The highest BCUT2D eigenvalue weighted by atomic mass is 32.1. The molecule has 0 amide bonds. The number of carbonyl (C=O) groups excluding carboxylic acids is 2. The number of carbonyl (C=O) groups is 2. The average Bonchev–Trinajstić information content (AvgIpc) is 3.24. The number of anilines is 1. The van der Waals surface area contributed by atoms with Crippen LogP contribution in [0.4, 0.5) is 10.1 Å². The summed E-state index contributed by atoms with van der Waals surface area (Å²) >= 11 is 1.51. The van der Waals surface area contributed by atoms with Gasteiger partial charge < -0.3 is 14.4 Å². The van der Waals surface area contributed by atoms with Crippen molar-refractivity contribution in [2.24, 2.45) is 0 Å². The first-order valence-corrected chi connectivity index (χ1v) is 11.2. The van der Waals surface area contributed by atoms with E-state index in [0.717, 1.165) is 27.2 Å². The van der Waals surface area contributed by atoms with Crippen molar-refractivity contribution >= 4 is 42.6 Å². The minimum Gasteiger partial charge on any atom is -0.487 e. The third-order valence-corrected chi connectivity index (χ3v) is 6.02. The number of hydrogen-bond acceptors (Lipinski definition) is 9. The maximum absolute atomic E-state index is 14.0. The highest BCUT2D eigenvalue weighted by Gasteiger charge is 2.16. The number of aromatic nitrogens is 3. The third kappa shape index (κ3) is 6.39. The highest BCUT2D eigenvalue weighted by Crippen LogP contribution is 2.36. The van der Waals surface area contributed by atoms with Crippen LogP contribution in [-0.2, 0) is 20.9 Å². The van der Waals surface area contributed by atoms with Crippen LogP contribution in [-0.4, -0.2) is 49.2 Å². The minimum atomic E-state index is -0.611. The van der Waals surface area contributed by atoms with Crippen LogP contribution in [0.25, 0.3) is 10.6 Å². The summed E-state index contributed by atoms with van der Waals surface area (Å²) in [5.41, 5.74) is 2.53. The van der Waals surface area contributed by atoms with Crippen LogP contribution in [0, 0.1) is 12.7 Å². The molecule has 3 aromatic rings. The number of aldehydes is 1. The number of halogens is 1. The second kappa shape index (κ2) is 11.5. The molecule has 0 fully saturated rings. The van der Waals surface area contributed by atoms with Crippen molar-refractivity contribution in [3.63, 3.8) is 0 Å². The summed E-state index contributed by atoms with van der Waals surface area (Å²) in [4.78, 5) is 38.8. The molecule has 35 heavy (non-hydrogen) atoms. The molecular formula is C24H22BFN4O4S. The summed E-state index contributed by atoms with van der Waals surface area (Å²) in [5, 5.41) is 0. The lowest BCUT2D eigenvalue weighted by molar-refractivity contribution is -0.104. The van der Waals surface area contributed by atoms with Crippen LogP contribution in [0.2, 0.25) is 0 Å². The van der Waals surface area contributed by atoms with E-state index in [2.05, 4.69) is 15.0 Å².